The summed E-state index contributed by atoms with van der Waals surface area (Å²) in [5.74, 6) is 0.643. The quantitative estimate of drug-likeness (QED) is 0.622. The van der Waals surface area contributed by atoms with Crippen LogP contribution in [0.2, 0.25) is 0 Å². The maximum atomic E-state index is 13.1. The summed E-state index contributed by atoms with van der Waals surface area (Å²) in [6.45, 7) is 4.68. The topological polar surface area (TPSA) is 81.0 Å². The standard InChI is InChI=1S/C19H20F3N5O2S/c1-11(2)16-17-24-13-5-4-12(30(3,28)29)10-14(13)26(17)8-9-27(16)18-23-7-6-15(25-18)19(20,21)22/h4-7,10-11,16H,8-9H2,1-3H3/t16-/m1/s1. The van der Waals surface area contributed by atoms with Crippen LogP contribution in [0.1, 0.15) is 31.4 Å². The first-order chi connectivity index (χ1) is 14.0. The molecule has 1 aliphatic heterocycles. The van der Waals surface area contributed by atoms with Crippen molar-refractivity contribution in [3.05, 3.63) is 42.0 Å². The fourth-order valence-corrected chi connectivity index (χ4v) is 4.47. The molecule has 2 aromatic heterocycles. The van der Waals surface area contributed by atoms with Crippen molar-refractivity contribution in [2.24, 2.45) is 5.92 Å². The number of halogens is 3. The molecule has 3 aromatic rings. The zero-order valence-corrected chi connectivity index (χ0v) is 17.4. The van der Waals surface area contributed by atoms with Crippen LogP contribution in [0.3, 0.4) is 0 Å². The number of hydrogen-bond donors (Lipinski definition) is 0. The Bertz CT molecular complexity index is 1220. The van der Waals surface area contributed by atoms with Crippen LogP contribution >= 0.6 is 0 Å². The van der Waals surface area contributed by atoms with Crippen LogP contribution in [-0.4, -0.2) is 40.7 Å². The zero-order chi connectivity index (χ0) is 21.8. The van der Waals surface area contributed by atoms with E-state index in [1.165, 1.54) is 6.07 Å². The highest BCUT2D eigenvalue weighted by Gasteiger charge is 2.37. The second kappa shape index (κ2) is 6.93. The Morgan fingerprint density at radius 2 is 1.87 bits per heavy atom. The average Bonchev–Trinajstić information content (AvgIpc) is 3.03. The van der Waals surface area contributed by atoms with Gasteiger partial charge in [0.2, 0.25) is 5.95 Å². The van der Waals surface area contributed by atoms with E-state index >= 15 is 0 Å². The SMILES string of the molecule is CC(C)[C@@H]1c2nc3ccc(S(C)(=O)=O)cc3n2CCN1c1nccc(C(F)(F)F)n1. The summed E-state index contributed by atoms with van der Waals surface area (Å²) in [6.07, 6.45) is -2.31. The van der Waals surface area contributed by atoms with Crippen molar-refractivity contribution in [2.75, 3.05) is 17.7 Å². The predicted molar refractivity (Wildman–Crippen MR) is 105 cm³/mol. The van der Waals surface area contributed by atoms with Crippen LogP contribution in [0.25, 0.3) is 11.0 Å². The number of rotatable bonds is 3. The van der Waals surface area contributed by atoms with Crippen molar-refractivity contribution in [1.29, 1.82) is 0 Å². The lowest BCUT2D eigenvalue weighted by Crippen LogP contribution is -2.42. The highest BCUT2D eigenvalue weighted by atomic mass is 32.2. The van der Waals surface area contributed by atoms with Gasteiger partial charge in [-0.2, -0.15) is 13.2 Å². The van der Waals surface area contributed by atoms with Crippen molar-refractivity contribution in [3.8, 4) is 0 Å². The van der Waals surface area contributed by atoms with Gasteiger partial charge in [-0.3, -0.25) is 0 Å². The summed E-state index contributed by atoms with van der Waals surface area (Å²) in [5, 5.41) is 0. The number of fused-ring (bicyclic) bond motifs is 3. The third-order valence-electron chi connectivity index (χ3n) is 5.16. The molecule has 0 saturated carbocycles. The largest absolute Gasteiger partial charge is 0.433 e. The van der Waals surface area contributed by atoms with Crippen molar-refractivity contribution < 1.29 is 21.6 Å². The third kappa shape index (κ3) is 3.51. The van der Waals surface area contributed by atoms with Gasteiger partial charge in [-0.1, -0.05) is 13.8 Å². The van der Waals surface area contributed by atoms with E-state index in [0.717, 1.165) is 18.5 Å². The summed E-state index contributed by atoms with van der Waals surface area (Å²) < 4.78 is 65.2. The molecule has 0 aliphatic carbocycles. The maximum Gasteiger partial charge on any atom is 0.433 e. The van der Waals surface area contributed by atoms with Crippen molar-refractivity contribution in [2.45, 2.75) is 37.5 Å². The maximum absolute atomic E-state index is 13.1. The van der Waals surface area contributed by atoms with Gasteiger partial charge in [-0.25, -0.2) is 23.4 Å². The molecule has 4 rings (SSSR count). The molecule has 160 valence electrons. The normalized spacial score (nSPS) is 17.6. The van der Waals surface area contributed by atoms with E-state index in [-0.39, 0.29) is 22.8 Å². The van der Waals surface area contributed by atoms with Crippen LogP contribution in [-0.2, 0) is 22.6 Å². The van der Waals surface area contributed by atoms with E-state index in [4.69, 9.17) is 0 Å². The zero-order valence-electron chi connectivity index (χ0n) is 16.6. The number of hydrogen-bond acceptors (Lipinski definition) is 6. The smallest absolute Gasteiger partial charge is 0.329 e. The summed E-state index contributed by atoms with van der Waals surface area (Å²) in [5.41, 5.74) is 0.324. The number of aromatic nitrogens is 4. The molecule has 3 heterocycles. The number of alkyl halides is 3. The number of anilines is 1. The minimum Gasteiger partial charge on any atom is -0.329 e. The van der Waals surface area contributed by atoms with Crippen molar-refractivity contribution in [3.63, 3.8) is 0 Å². The van der Waals surface area contributed by atoms with Gasteiger partial charge in [0.15, 0.2) is 9.84 Å². The van der Waals surface area contributed by atoms with Crippen molar-refractivity contribution in [1.82, 2.24) is 19.5 Å². The molecule has 1 aromatic carbocycles. The van der Waals surface area contributed by atoms with Crippen LogP contribution in [0, 0.1) is 5.92 Å². The minimum atomic E-state index is -4.56. The molecule has 0 fully saturated rings. The summed E-state index contributed by atoms with van der Waals surface area (Å²) in [6, 6.07) is 5.24. The highest BCUT2D eigenvalue weighted by molar-refractivity contribution is 7.90. The molecule has 0 N–H and O–H groups in total. The van der Waals surface area contributed by atoms with Gasteiger partial charge in [0.05, 0.1) is 22.0 Å². The predicted octanol–water partition coefficient (Wildman–Crippen LogP) is 3.47. The molecule has 0 amide bonds. The summed E-state index contributed by atoms with van der Waals surface area (Å²) >= 11 is 0. The summed E-state index contributed by atoms with van der Waals surface area (Å²) in [7, 11) is -3.38. The first-order valence-electron chi connectivity index (χ1n) is 9.34. The molecule has 0 unspecified atom stereocenters. The van der Waals surface area contributed by atoms with Crippen LogP contribution < -0.4 is 4.90 Å². The second-order valence-electron chi connectivity index (χ2n) is 7.67. The Balaban J connectivity index is 1.83. The number of benzene rings is 1. The van der Waals surface area contributed by atoms with Gasteiger partial charge in [-0.15, -0.1) is 0 Å². The minimum absolute atomic E-state index is 0.00124. The van der Waals surface area contributed by atoms with Gasteiger partial charge in [0.25, 0.3) is 0 Å². The van der Waals surface area contributed by atoms with Gasteiger partial charge < -0.3 is 9.47 Å². The van der Waals surface area contributed by atoms with E-state index in [9.17, 15) is 21.6 Å². The lowest BCUT2D eigenvalue weighted by atomic mass is 10.00. The Morgan fingerprint density at radius 3 is 2.50 bits per heavy atom. The van der Waals surface area contributed by atoms with E-state index in [1.54, 1.807) is 17.0 Å². The monoisotopic (exact) mass is 439 g/mol. The Morgan fingerprint density at radius 1 is 1.13 bits per heavy atom. The molecular weight excluding hydrogens is 419 g/mol. The molecule has 0 saturated heterocycles. The molecule has 7 nitrogen and oxygen atoms in total. The van der Waals surface area contributed by atoms with E-state index in [0.29, 0.717) is 29.9 Å². The first-order valence-corrected chi connectivity index (χ1v) is 11.2. The van der Waals surface area contributed by atoms with Gasteiger partial charge >= 0.3 is 6.18 Å². The molecule has 0 spiro atoms. The van der Waals surface area contributed by atoms with E-state index in [2.05, 4.69) is 15.0 Å². The second-order valence-corrected chi connectivity index (χ2v) is 9.68. The lowest BCUT2D eigenvalue weighted by Gasteiger charge is -2.38. The molecule has 0 radical (unpaired) electrons. The fourth-order valence-electron chi connectivity index (χ4n) is 3.83. The molecule has 11 heteroatoms. The first kappa shape index (κ1) is 20.6. The fraction of sp³-hybridized carbons (Fsp3) is 0.421. The van der Waals surface area contributed by atoms with Crippen LogP contribution in [0.15, 0.2) is 35.4 Å². The van der Waals surface area contributed by atoms with Gasteiger partial charge in [0, 0.05) is 25.5 Å². The molecular formula is C19H20F3N5O2S. The Kier molecular flexibility index (Phi) is 4.75. The highest BCUT2D eigenvalue weighted by Crippen LogP contribution is 2.37. The molecule has 1 atom stereocenters. The number of nitrogens with zero attached hydrogens (tertiary/aromatic N) is 5. The van der Waals surface area contributed by atoms with Crippen LogP contribution in [0.5, 0.6) is 0 Å². The van der Waals surface area contributed by atoms with Crippen molar-refractivity contribution >= 4 is 26.8 Å². The average molecular weight is 439 g/mol. The van der Waals surface area contributed by atoms with Gasteiger partial charge in [0.1, 0.15) is 11.5 Å². The molecule has 1 aliphatic rings. The molecule has 30 heavy (non-hydrogen) atoms. The van der Waals surface area contributed by atoms with Gasteiger partial charge in [-0.05, 0) is 30.2 Å². The lowest BCUT2D eigenvalue weighted by molar-refractivity contribution is -0.141. The summed E-state index contributed by atoms with van der Waals surface area (Å²) in [4.78, 5) is 14.4. The Hall–Kier alpha value is -2.69. The number of imidazole rings is 1. The number of sulfone groups is 1. The Labute approximate surface area is 171 Å². The van der Waals surface area contributed by atoms with E-state index in [1.807, 2.05) is 18.4 Å². The molecule has 0 bridgehead atoms. The van der Waals surface area contributed by atoms with E-state index < -0.39 is 21.7 Å². The third-order valence-corrected chi connectivity index (χ3v) is 6.27. The van der Waals surface area contributed by atoms with Crippen LogP contribution in [0.4, 0.5) is 19.1 Å².